The highest BCUT2D eigenvalue weighted by atomic mass is 16.6. The van der Waals surface area contributed by atoms with Crippen LogP contribution >= 0.6 is 0 Å². The van der Waals surface area contributed by atoms with Crippen molar-refractivity contribution in [2.24, 2.45) is 45.3 Å². The minimum absolute atomic E-state index is 0.00664. The predicted molar refractivity (Wildman–Crippen MR) is 210 cm³/mol. The molecule has 4 aliphatic carbocycles. The van der Waals surface area contributed by atoms with Crippen LogP contribution in [0, 0.1) is 45.3 Å². The van der Waals surface area contributed by atoms with Gasteiger partial charge in [-0.3, -0.25) is 19.2 Å². The van der Waals surface area contributed by atoms with Gasteiger partial charge in [-0.1, -0.05) is 52.4 Å². The van der Waals surface area contributed by atoms with E-state index >= 15 is 19.2 Å². The van der Waals surface area contributed by atoms with Crippen LogP contribution in [0.1, 0.15) is 133 Å². The third-order valence-corrected chi connectivity index (χ3v) is 13.9. The van der Waals surface area contributed by atoms with Crippen molar-refractivity contribution in [1.29, 1.82) is 0 Å². The zero-order valence-corrected chi connectivity index (χ0v) is 37.1. The molecule has 0 aliphatic heterocycles. The molecule has 16 nitrogen and oxygen atoms in total. The van der Waals surface area contributed by atoms with Gasteiger partial charge in [0.1, 0.15) is 10.8 Å². The van der Waals surface area contributed by atoms with E-state index in [1.807, 2.05) is 0 Å². The lowest BCUT2D eigenvalue weighted by atomic mass is 9.64. The van der Waals surface area contributed by atoms with Crippen LogP contribution in [0.3, 0.4) is 0 Å². The Morgan fingerprint density at radius 1 is 0.433 bits per heavy atom. The molecule has 0 radical (unpaired) electrons. The van der Waals surface area contributed by atoms with Gasteiger partial charge < -0.3 is 37.9 Å². The molecule has 10 atom stereocenters. The molecule has 0 heterocycles. The number of ether oxygens (including phenoxy) is 8. The van der Waals surface area contributed by atoms with Crippen LogP contribution in [0.4, 0.5) is 0 Å². The zero-order valence-electron chi connectivity index (χ0n) is 37.1. The Morgan fingerprint density at radius 2 is 0.683 bits per heavy atom. The summed E-state index contributed by atoms with van der Waals surface area (Å²) in [6, 6.07) is 0. The summed E-state index contributed by atoms with van der Waals surface area (Å²) in [6.45, 7) is 14.9. The number of esters is 8. The molecule has 4 saturated carbocycles. The van der Waals surface area contributed by atoms with Gasteiger partial charge in [0.2, 0.25) is 0 Å². The molecule has 0 N–H and O–H groups in total. The van der Waals surface area contributed by atoms with Crippen LogP contribution in [-0.2, 0) is 76.3 Å². The summed E-state index contributed by atoms with van der Waals surface area (Å²) in [6.07, 6.45) is 0.657. The van der Waals surface area contributed by atoms with Gasteiger partial charge in [-0.05, 0) is 92.9 Å². The topological polar surface area (TPSA) is 210 Å². The summed E-state index contributed by atoms with van der Waals surface area (Å²) in [5.74, 6) is -11.9. The fourth-order valence-electron chi connectivity index (χ4n) is 11.2. The minimum atomic E-state index is -2.33. The first-order chi connectivity index (χ1) is 28.3. The van der Waals surface area contributed by atoms with Crippen LogP contribution < -0.4 is 0 Å². The van der Waals surface area contributed by atoms with Gasteiger partial charge in [0.15, 0.2) is 24.4 Å². The second-order valence-electron chi connectivity index (χ2n) is 17.0. The van der Waals surface area contributed by atoms with Crippen LogP contribution in [0.2, 0.25) is 0 Å². The van der Waals surface area contributed by atoms with Gasteiger partial charge in [0.25, 0.3) is 0 Å². The second-order valence-corrected chi connectivity index (χ2v) is 17.0. The largest absolute Gasteiger partial charge is 0.463 e. The summed E-state index contributed by atoms with van der Waals surface area (Å²) < 4.78 is 44.4. The van der Waals surface area contributed by atoms with Gasteiger partial charge in [-0.25, -0.2) is 19.2 Å². The molecule has 0 aromatic heterocycles. The van der Waals surface area contributed by atoms with Gasteiger partial charge in [0, 0.05) is 10.8 Å². The van der Waals surface area contributed by atoms with E-state index in [1.165, 1.54) is 27.7 Å². The quantitative estimate of drug-likeness (QED) is 0.118. The molecule has 0 spiro atoms. The van der Waals surface area contributed by atoms with Crippen LogP contribution in [0.15, 0.2) is 0 Å². The third-order valence-electron chi connectivity index (χ3n) is 13.9. The normalized spacial score (nSPS) is 30.8. The summed E-state index contributed by atoms with van der Waals surface area (Å²) in [5.41, 5.74) is -7.73. The van der Waals surface area contributed by atoms with Crippen molar-refractivity contribution >= 4 is 47.8 Å². The number of carbonyl (C=O) groups excluding carboxylic acids is 8. The fraction of sp³-hybridized carbons (Fsp3) is 0.818. The van der Waals surface area contributed by atoms with Crippen molar-refractivity contribution < 1.29 is 76.3 Å². The molecule has 4 aliphatic rings. The lowest BCUT2D eigenvalue weighted by Gasteiger charge is -2.39. The van der Waals surface area contributed by atoms with E-state index in [0.717, 1.165) is 12.8 Å². The van der Waals surface area contributed by atoms with Gasteiger partial charge in [0.05, 0.1) is 38.3 Å². The van der Waals surface area contributed by atoms with Crippen molar-refractivity contribution in [2.45, 2.75) is 158 Å². The summed E-state index contributed by atoms with van der Waals surface area (Å²) in [5, 5.41) is 0. The predicted octanol–water partition coefficient (Wildman–Crippen LogP) is 5.37. The summed E-state index contributed by atoms with van der Waals surface area (Å²) in [7, 11) is 0. The van der Waals surface area contributed by atoms with Gasteiger partial charge in [-0.15, -0.1) is 0 Å². The van der Waals surface area contributed by atoms with Crippen molar-refractivity contribution in [3.8, 4) is 0 Å². The fourth-order valence-corrected chi connectivity index (χ4v) is 11.2. The van der Waals surface area contributed by atoms with E-state index in [9.17, 15) is 19.2 Å². The minimum Gasteiger partial charge on any atom is -0.463 e. The van der Waals surface area contributed by atoms with Crippen LogP contribution in [-0.4, -0.2) is 98.6 Å². The van der Waals surface area contributed by atoms with Crippen molar-refractivity contribution in [1.82, 2.24) is 0 Å². The van der Waals surface area contributed by atoms with Gasteiger partial charge in [-0.2, -0.15) is 0 Å². The molecule has 4 rings (SSSR count). The summed E-state index contributed by atoms with van der Waals surface area (Å²) >= 11 is 0. The molecule has 0 aromatic rings. The number of hydrogen-bond acceptors (Lipinski definition) is 16. The molecule has 0 aromatic carbocycles. The monoisotopic (exact) mass is 850 g/mol. The molecule has 2 unspecified atom stereocenters. The number of rotatable bonds is 19. The first-order valence-electron chi connectivity index (χ1n) is 21.8. The van der Waals surface area contributed by atoms with Crippen molar-refractivity contribution in [2.75, 3.05) is 26.4 Å². The summed E-state index contributed by atoms with van der Waals surface area (Å²) in [4.78, 5) is 114. The zero-order chi connectivity index (χ0) is 44.8. The Balaban J connectivity index is 2.12. The van der Waals surface area contributed by atoms with Crippen LogP contribution in [0.25, 0.3) is 0 Å². The average Bonchev–Trinajstić information content (AvgIpc) is 4.03. The smallest absolute Gasteiger partial charge is 0.347 e. The lowest BCUT2D eigenvalue weighted by molar-refractivity contribution is -0.187. The number of carbonyl (C=O) groups is 8. The maximum Gasteiger partial charge on any atom is 0.347 e. The first kappa shape index (κ1) is 48.4. The SMILES string of the molecule is CCOC(=O)[C@H](C)OC(=O)C1[C@](C)(C2CCCCC2)[C@]1(C(=O)O[C@@H](C)C(=O)OCC)[C@]1(C(=O)O[C@@H](C)C(=O)OCC)C(C(=O)O[C@@H](C)C(=O)OCC)[C@@]1(C)C1CCCCC1. The highest BCUT2D eigenvalue weighted by Crippen LogP contribution is 2.94. The van der Waals surface area contributed by atoms with E-state index < -0.39 is 118 Å². The Hall–Kier alpha value is -4.24. The molecule has 16 heteroatoms. The van der Waals surface area contributed by atoms with Crippen molar-refractivity contribution in [3.05, 3.63) is 0 Å². The second kappa shape index (κ2) is 19.6. The molecule has 338 valence electrons. The number of hydrogen-bond donors (Lipinski definition) is 0. The van der Waals surface area contributed by atoms with E-state index in [1.54, 1.807) is 41.5 Å². The lowest BCUT2D eigenvalue weighted by Crippen LogP contribution is -2.49. The molecular weight excluding hydrogens is 784 g/mol. The van der Waals surface area contributed by atoms with Crippen molar-refractivity contribution in [3.63, 3.8) is 0 Å². The van der Waals surface area contributed by atoms with Gasteiger partial charge >= 0.3 is 47.8 Å². The maximum atomic E-state index is 15.8. The highest BCUT2D eigenvalue weighted by molar-refractivity contribution is 6.07. The standard InChI is InChI=1S/C44H66O16/c1-11-53-33(45)25(5)57-37(49)31-41(9,29-21-17-15-18-22-29)43(31,39(51)59-27(7)35(47)55-13-3)44(40(52)60-28(8)36(48)56-14-4)32(38(50)58-26(6)34(46)54-12-2)42(44,10)30-23-19-16-20-24-30/h25-32H,11-24H2,1-10H3/t25-,26-,27-,28-,31?,32?,41-,42+,43-,44-/m0/s1. The Morgan fingerprint density at radius 3 is 0.933 bits per heavy atom. The molecular formula is C44H66O16. The third kappa shape index (κ3) is 8.24. The highest BCUT2D eigenvalue weighted by Gasteiger charge is 3.03. The molecule has 0 amide bonds. The van der Waals surface area contributed by atoms with E-state index in [4.69, 9.17) is 37.9 Å². The molecule has 0 bridgehead atoms. The Labute approximate surface area is 353 Å². The Bertz CT molecular complexity index is 1510. The molecule has 60 heavy (non-hydrogen) atoms. The van der Waals surface area contributed by atoms with Crippen LogP contribution in [0.5, 0.6) is 0 Å². The Kier molecular flexibility index (Phi) is 15.9. The van der Waals surface area contributed by atoms with E-state index in [2.05, 4.69) is 0 Å². The average molecular weight is 851 g/mol. The van der Waals surface area contributed by atoms with E-state index in [-0.39, 0.29) is 26.4 Å². The van der Waals surface area contributed by atoms with E-state index in [0.29, 0.717) is 51.4 Å². The maximum absolute atomic E-state index is 15.8. The molecule has 0 saturated heterocycles. The molecule has 4 fully saturated rings. The first-order valence-corrected chi connectivity index (χ1v) is 21.8.